The highest BCUT2D eigenvalue weighted by Crippen LogP contribution is 2.16. The quantitative estimate of drug-likeness (QED) is 0.566. The van der Waals surface area contributed by atoms with Gasteiger partial charge >= 0.3 is 0 Å². The van der Waals surface area contributed by atoms with Crippen LogP contribution in [0, 0.1) is 5.92 Å². The molecule has 4 N–H and O–H groups in total. The zero-order chi connectivity index (χ0) is 5.86. The highest BCUT2D eigenvalue weighted by atomic mass is 31.1. The van der Waals surface area contributed by atoms with Crippen LogP contribution >= 0.6 is 8.03 Å². The lowest BCUT2D eigenvalue weighted by atomic mass is 10.3. The van der Waals surface area contributed by atoms with Crippen LogP contribution in [0.2, 0.25) is 0 Å². The third-order valence-electron chi connectivity index (χ3n) is 0.583. The molecule has 0 aliphatic heterocycles. The molecule has 3 nitrogen and oxygen atoms in total. The van der Waals surface area contributed by atoms with Gasteiger partial charge in [0.1, 0.15) is 0 Å². The first-order valence-corrected chi connectivity index (χ1v) is 3.91. The maximum atomic E-state index is 9.99. The lowest BCUT2D eigenvalue weighted by molar-refractivity contribution is 0.494. The Labute approximate surface area is 50.6 Å². The molecule has 0 saturated carbocycles. The van der Waals surface area contributed by atoms with Crippen LogP contribution in [0.1, 0.15) is 13.8 Å². The molecule has 0 bridgehead atoms. The van der Waals surface area contributed by atoms with Crippen molar-refractivity contribution >= 4 is 8.03 Å². The summed E-state index contributed by atoms with van der Waals surface area (Å²) in [6.07, 6.45) is 0.463. The van der Waals surface area contributed by atoms with Crippen LogP contribution in [-0.4, -0.2) is 11.1 Å². The maximum Gasteiger partial charge on any atom is 0.189 e. The Morgan fingerprint density at radius 3 is 2.00 bits per heavy atom. The van der Waals surface area contributed by atoms with Crippen LogP contribution in [0.4, 0.5) is 0 Å². The van der Waals surface area contributed by atoms with Gasteiger partial charge in [-0.25, -0.2) is 0 Å². The van der Waals surface area contributed by atoms with Gasteiger partial charge in [-0.1, -0.05) is 13.8 Å². The van der Waals surface area contributed by atoms with E-state index in [4.69, 9.17) is 4.89 Å². The molecule has 0 aliphatic rings. The molecule has 1 unspecified atom stereocenters. The number of hydrogen-bond donors (Lipinski definition) is 2. The zero-order valence-electron chi connectivity index (χ0n) is 5.35. The first-order chi connectivity index (χ1) is 3.13. The summed E-state index contributed by atoms with van der Waals surface area (Å²) in [5, 5.41) is 0. The summed E-state index contributed by atoms with van der Waals surface area (Å²) >= 11 is 0. The Balaban J connectivity index is 0. The van der Waals surface area contributed by atoms with Crippen LogP contribution in [0.5, 0.6) is 0 Å². The Bertz CT molecular complexity index is 74.4. The number of hydrogen-bond acceptors (Lipinski definition) is 2. The summed E-state index contributed by atoms with van der Waals surface area (Å²) in [6, 6.07) is 0. The third-order valence-corrected chi connectivity index (χ3v) is 1.75. The van der Waals surface area contributed by atoms with Gasteiger partial charge in [-0.15, -0.1) is 0 Å². The van der Waals surface area contributed by atoms with Crippen molar-refractivity contribution in [2.75, 3.05) is 6.16 Å². The monoisotopic (exact) mass is 139 g/mol. The fourth-order valence-electron chi connectivity index (χ4n) is 0.349. The third kappa shape index (κ3) is 9.47. The van der Waals surface area contributed by atoms with Crippen LogP contribution < -0.4 is 6.15 Å². The molecule has 0 rings (SSSR count). The molecule has 0 radical (unpaired) electrons. The minimum atomic E-state index is -2.18. The molecular weight excluding hydrogens is 125 g/mol. The summed E-state index contributed by atoms with van der Waals surface area (Å²) in [7, 11) is -2.18. The van der Waals surface area contributed by atoms with Crippen LogP contribution in [0.25, 0.3) is 0 Å². The smallest absolute Gasteiger partial charge is 0.189 e. The molecule has 0 heterocycles. The summed E-state index contributed by atoms with van der Waals surface area (Å²) in [6.45, 7) is 3.86. The van der Waals surface area contributed by atoms with E-state index in [1.807, 2.05) is 13.8 Å². The van der Waals surface area contributed by atoms with Crippen molar-refractivity contribution in [1.82, 2.24) is 6.15 Å². The lowest BCUT2D eigenvalue weighted by Crippen LogP contribution is -1.88. The van der Waals surface area contributed by atoms with Gasteiger partial charge in [-0.2, -0.15) is 0 Å². The van der Waals surface area contributed by atoms with Gasteiger partial charge in [-0.05, 0) is 5.92 Å². The highest BCUT2D eigenvalue weighted by Gasteiger charge is 1.95. The predicted molar refractivity (Wildman–Crippen MR) is 35.9 cm³/mol. The average Bonchev–Trinajstić information content (AvgIpc) is 1.27. The van der Waals surface area contributed by atoms with Crippen molar-refractivity contribution in [3.63, 3.8) is 0 Å². The second-order valence-electron chi connectivity index (χ2n) is 1.99. The van der Waals surface area contributed by atoms with Gasteiger partial charge in [0.25, 0.3) is 0 Å². The van der Waals surface area contributed by atoms with Gasteiger partial charge < -0.3 is 11.0 Å². The fourth-order valence-corrected chi connectivity index (χ4v) is 1.05. The molecule has 1 atom stereocenters. The zero-order valence-corrected chi connectivity index (χ0v) is 6.35. The van der Waals surface area contributed by atoms with Crippen molar-refractivity contribution in [2.24, 2.45) is 5.92 Å². The molecule has 52 valence electrons. The van der Waals surface area contributed by atoms with Crippen molar-refractivity contribution in [1.29, 1.82) is 0 Å². The standard InChI is InChI=1S/C4H11O2P.H3N/c1-4(2)3-7(5)6;/h4,7H,3H2,1-2H3,(H,5,6);1H3. The van der Waals surface area contributed by atoms with Crippen LogP contribution in [0.15, 0.2) is 0 Å². The number of rotatable bonds is 2. The first kappa shape index (κ1) is 11.0. The van der Waals surface area contributed by atoms with E-state index < -0.39 is 8.03 Å². The van der Waals surface area contributed by atoms with Crippen molar-refractivity contribution < 1.29 is 9.46 Å². The molecule has 0 spiro atoms. The maximum absolute atomic E-state index is 9.99. The Hall–Kier alpha value is 0.150. The average molecular weight is 139 g/mol. The summed E-state index contributed by atoms with van der Waals surface area (Å²) in [5.74, 6) is 0.358. The van der Waals surface area contributed by atoms with E-state index in [0.29, 0.717) is 12.1 Å². The Morgan fingerprint density at radius 2 is 2.00 bits per heavy atom. The van der Waals surface area contributed by atoms with Gasteiger partial charge in [0.2, 0.25) is 0 Å². The second kappa shape index (κ2) is 5.29. The fraction of sp³-hybridized carbons (Fsp3) is 1.00. The van der Waals surface area contributed by atoms with Crippen LogP contribution in [-0.2, 0) is 4.57 Å². The van der Waals surface area contributed by atoms with Crippen LogP contribution in [0.3, 0.4) is 0 Å². The molecule has 0 saturated heterocycles. The van der Waals surface area contributed by atoms with E-state index in [0.717, 1.165) is 0 Å². The molecule has 0 aliphatic carbocycles. The summed E-state index contributed by atoms with van der Waals surface area (Å²) in [5.41, 5.74) is 0. The van der Waals surface area contributed by atoms with Gasteiger partial charge in [-0.3, -0.25) is 4.57 Å². The first-order valence-electron chi connectivity index (χ1n) is 2.34. The highest BCUT2D eigenvalue weighted by molar-refractivity contribution is 7.37. The van der Waals surface area contributed by atoms with Gasteiger partial charge in [0.15, 0.2) is 8.03 Å². The summed E-state index contributed by atoms with van der Waals surface area (Å²) in [4.78, 5) is 8.27. The van der Waals surface area contributed by atoms with E-state index in [1.54, 1.807) is 0 Å². The van der Waals surface area contributed by atoms with Gasteiger partial charge in [0.05, 0.1) is 0 Å². The van der Waals surface area contributed by atoms with E-state index in [2.05, 4.69) is 0 Å². The van der Waals surface area contributed by atoms with Crippen molar-refractivity contribution in [3.05, 3.63) is 0 Å². The molecule has 0 aromatic heterocycles. The normalized spacial score (nSPS) is 13.0. The summed E-state index contributed by atoms with van der Waals surface area (Å²) < 4.78 is 9.99. The molecule has 0 fully saturated rings. The predicted octanol–water partition coefficient (Wildman–Crippen LogP) is 1.27. The molecular formula is C4H14NO2P. The lowest BCUT2D eigenvalue weighted by Gasteiger charge is -1.95. The van der Waals surface area contributed by atoms with Gasteiger partial charge in [0, 0.05) is 6.16 Å². The van der Waals surface area contributed by atoms with E-state index in [9.17, 15) is 4.57 Å². The second-order valence-corrected chi connectivity index (χ2v) is 3.19. The van der Waals surface area contributed by atoms with E-state index in [1.165, 1.54) is 0 Å². The largest absolute Gasteiger partial charge is 0.346 e. The minimum absolute atomic E-state index is 0. The SMILES string of the molecule is CC(C)C[PH](=O)O.N. The molecule has 0 amide bonds. The van der Waals surface area contributed by atoms with Crippen molar-refractivity contribution in [2.45, 2.75) is 13.8 Å². The topological polar surface area (TPSA) is 72.3 Å². The molecule has 8 heavy (non-hydrogen) atoms. The molecule has 0 aromatic carbocycles. The van der Waals surface area contributed by atoms with E-state index >= 15 is 0 Å². The Morgan fingerprint density at radius 1 is 1.62 bits per heavy atom. The minimum Gasteiger partial charge on any atom is -0.346 e. The van der Waals surface area contributed by atoms with E-state index in [-0.39, 0.29) is 6.15 Å². The van der Waals surface area contributed by atoms with Crippen molar-refractivity contribution in [3.8, 4) is 0 Å². The Kier molecular flexibility index (Phi) is 7.28. The molecule has 0 aromatic rings. The molecule has 4 heteroatoms.